The minimum Gasteiger partial charge on any atom is -0.296 e. The maximum atomic E-state index is 9.79. The molecule has 4 heteroatoms. The van der Waals surface area contributed by atoms with Gasteiger partial charge < -0.3 is 0 Å². The van der Waals surface area contributed by atoms with Crippen molar-refractivity contribution in [1.29, 1.82) is 10.5 Å². The zero-order chi connectivity index (χ0) is 22.3. The van der Waals surface area contributed by atoms with E-state index in [1.54, 1.807) is 6.20 Å². The smallest absolute Gasteiger partial charge is 0.102 e. The number of hydrogen-bond donors (Lipinski definition) is 0. The summed E-state index contributed by atoms with van der Waals surface area (Å²) < 4.78 is 0. The van der Waals surface area contributed by atoms with E-state index in [-0.39, 0.29) is 0 Å². The normalized spacial score (nSPS) is 16.5. The quantitative estimate of drug-likeness (QED) is 0.507. The van der Waals surface area contributed by atoms with Gasteiger partial charge in [0.15, 0.2) is 0 Å². The summed E-state index contributed by atoms with van der Waals surface area (Å²) in [6.07, 6.45) is 9.21. The first-order valence-corrected chi connectivity index (χ1v) is 11.1. The van der Waals surface area contributed by atoms with Gasteiger partial charge in [-0.25, -0.2) is 0 Å². The molecular weight excluding hydrogens is 392 g/mol. The molecule has 0 saturated carbocycles. The van der Waals surface area contributed by atoms with E-state index in [1.807, 2.05) is 60.7 Å². The second kappa shape index (κ2) is 10.1. The van der Waals surface area contributed by atoms with E-state index in [4.69, 9.17) is 0 Å². The fraction of sp³-hybridized carbons (Fsp3) is 0.250. The number of aromatic nitrogens is 1. The first kappa shape index (κ1) is 21.5. The van der Waals surface area contributed by atoms with Gasteiger partial charge in [-0.1, -0.05) is 55.0 Å². The van der Waals surface area contributed by atoms with Crippen LogP contribution in [-0.2, 0) is 6.54 Å². The van der Waals surface area contributed by atoms with Crippen molar-refractivity contribution >= 4 is 12.2 Å². The van der Waals surface area contributed by atoms with Gasteiger partial charge in [0.05, 0.1) is 22.9 Å². The van der Waals surface area contributed by atoms with Crippen LogP contribution in [0.2, 0.25) is 0 Å². The van der Waals surface area contributed by atoms with Crippen LogP contribution in [0.25, 0.3) is 23.3 Å². The third-order valence-corrected chi connectivity index (χ3v) is 6.16. The van der Waals surface area contributed by atoms with Gasteiger partial charge in [-0.2, -0.15) is 10.5 Å². The lowest BCUT2D eigenvalue weighted by Crippen LogP contribution is -2.36. The second-order valence-electron chi connectivity index (χ2n) is 8.28. The van der Waals surface area contributed by atoms with Gasteiger partial charge in [0.1, 0.15) is 6.07 Å². The molecule has 0 aliphatic carbocycles. The number of nitrogens with zero attached hydrogens (tertiary/aromatic N) is 4. The summed E-state index contributed by atoms with van der Waals surface area (Å²) >= 11 is 0. The van der Waals surface area contributed by atoms with Crippen LogP contribution < -0.4 is 0 Å². The molecule has 4 nitrogen and oxygen atoms in total. The Morgan fingerprint density at radius 1 is 1.03 bits per heavy atom. The minimum atomic E-state index is 0.532. The van der Waals surface area contributed by atoms with E-state index in [1.165, 1.54) is 19.3 Å². The molecule has 158 valence electrons. The van der Waals surface area contributed by atoms with Crippen molar-refractivity contribution < 1.29 is 0 Å². The lowest BCUT2D eigenvalue weighted by Gasteiger charge is -2.33. The van der Waals surface area contributed by atoms with Crippen LogP contribution in [0.3, 0.4) is 0 Å². The Labute approximate surface area is 190 Å². The van der Waals surface area contributed by atoms with E-state index in [0.717, 1.165) is 35.3 Å². The summed E-state index contributed by atoms with van der Waals surface area (Å²) in [5.74, 6) is 0. The predicted molar refractivity (Wildman–Crippen MR) is 128 cm³/mol. The number of rotatable bonds is 5. The average Bonchev–Trinajstić information content (AvgIpc) is 2.84. The molecule has 1 saturated heterocycles. The fourth-order valence-electron chi connectivity index (χ4n) is 4.32. The zero-order valence-electron chi connectivity index (χ0n) is 18.3. The molecule has 0 N–H and O–H groups in total. The Morgan fingerprint density at radius 3 is 2.62 bits per heavy atom. The van der Waals surface area contributed by atoms with Crippen LogP contribution in [0.1, 0.15) is 54.1 Å². The van der Waals surface area contributed by atoms with Crippen LogP contribution in [0, 0.1) is 22.7 Å². The fourth-order valence-corrected chi connectivity index (χ4v) is 4.32. The van der Waals surface area contributed by atoms with Crippen LogP contribution in [-0.4, -0.2) is 22.5 Å². The standard InChI is InChI=1S/C28H26N4/c1-21-7-5-6-16-32(21)20-22-10-11-23(25(17-22)18-29)12-13-28-27(19-30)26(14-15-31-28)24-8-3-2-4-9-24/h2-4,8-15,17,21H,5-7,16,20H2,1H3/b13-12+/t21-/m1/s1. The zero-order valence-corrected chi connectivity index (χ0v) is 18.3. The summed E-state index contributed by atoms with van der Waals surface area (Å²) in [4.78, 5) is 6.90. The molecule has 0 bridgehead atoms. The lowest BCUT2D eigenvalue weighted by atomic mass is 9.98. The maximum absolute atomic E-state index is 9.79. The van der Waals surface area contributed by atoms with Gasteiger partial charge >= 0.3 is 0 Å². The molecule has 0 unspecified atom stereocenters. The van der Waals surface area contributed by atoms with Crippen molar-refractivity contribution in [2.75, 3.05) is 6.54 Å². The Balaban J connectivity index is 1.60. The average molecular weight is 419 g/mol. The van der Waals surface area contributed by atoms with Crippen LogP contribution >= 0.6 is 0 Å². The molecule has 2 heterocycles. The van der Waals surface area contributed by atoms with Gasteiger partial charge in [-0.15, -0.1) is 0 Å². The number of piperidine rings is 1. The first-order chi connectivity index (χ1) is 15.7. The topological polar surface area (TPSA) is 63.7 Å². The molecule has 1 aliphatic rings. The van der Waals surface area contributed by atoms with E-state index in [2.05, 4.69) is 35.0 Å². The molecule has 1 aromatic heterocycles. The van der Waals surface area contributed by atoms with E-state index in [9.17, 15) is 10.5 Å². The number of likely N-dealkylation sites (tertiary alicyclic amines) is 1. The minimum absolute atomic E-state index is 0.532. The number of pyridine rings is 1. The summed E-state index contributed by atoms with van der Waals surface area (Å²) in [6.45, 7) is 4.27. The molecule has 0 radical (unpaired) electrons. The van der Waals surface area contributed by atoms with Crippen molar-refractivity contribution in [3.63, 3.8) is 0 Å². The Hall–Kier alpha value is -3.73. The molecule has 0 amide bonds. The van der Waals surface area contributed by atoms with E-state index < -0.39 is 0 Å². The lowest BCUT2D eigenvalue weighted by molar-refractivity contribution is 0.152. The van der Waals surface area contributed by atoms with Crippen LogP contribution in [0.5, 0.6) is 0 Å². The number of hydrogen-bond acceptors (Lipinski definition) is 4. The molecule has 1 aliphatic heterocycles. The van der Waals surface area contributed by atoms with Crippen molar-refractivity contribution in [2.24, 2.45) is 0 Å². The third kappa shape index (κ3) is 4.78. The summed E-state index contributed by atoms with van der Waals surface area (Å²) in [5.41, 5.74) is 5.60. The summed E-state index contributed by atoms with van der Waals surface area (Å²) in [5, 5.41) is 19.5. The van der Waals surface area contributed by atoms with Crippen molar-refractivity contribution in [1.82, 2.24) is 9.88 Å². The van der Waals surface area contributed by atoms with Gasteiger partial charge in [0.2, 0.25) is 0 Å². The highest BCUT2D eigenvalue weighted by atomic mass is 15.2. The Kier molecular flexibility index (Phi) is 6.75. The highest BCUT2D eigenvalue weighted by Gasteiger charge is 2.18. The molecule has 2 aromatic carbocycles. The monoisotopic (exact) mass is 418 g/mol. The maximum Gasteiger partial charge on any atom is 0.102 e. The second-order valence-corrected chi connectivity index (χ2v) is 8.28. The third-order valence-electron chi connectivity index (χ3n) is 6.16. The molecular formula is C28H26N4. The van der Waals surface area contributed by atoms with Crippen LogP contribution in [0.4, 0.5) is 0 Å². The highest BCUT2D eigenvalue weighted by Crippen LogP contribution is 2.26. The molecule has 1 fully saturated rings. The molecule has 4 rings (SSSR count). The SMILES string of the molecule is C[C@@H]1CCCCN1Cc1ccc(/C=C/c2nccc(-c3ccccc3)c2C#N)c(C#N)c1. The highest BCUT2D eigenvalue weighted by molar-refractivity contribution is 5.79. The molecule has 3 aromatic rings. The van der Waals surface area contributed by atoms with E-state index >= 15 is 0 Å². The molecule has 1 atom stereocenters. The first-order valence-electron chi connectivity index (χ1n) is 11.1. The van der Waals surface area contributed by atoms with Crippen molar-refractivity contribution in [2.45, 2.75) is 38.8 Å². The Bertz CT molecular complexity index is 1200. The summed E-state index contributed by atoms with van der Waals surface area (Å²) in [6, 6.07) is 23.0. The molecule has 0 spiro atoms. The summed E-state index contributed by atoms with van der Waals surface area (Å²) in [7, 11) is 0. The largest absolute Gasteiger partial charge is 0.296 e. The van der Waals surface area contributed by atoms with Crippen LogP contribution in [0.15, 0.2) is 60.8 Å². The van der Waals surface area contributed by atoms with E-state index in [0.29, 0.717) is 22.9 Å². The Morgan fingerprint density at radius 2 is 1.88 bits per heavy atom. The van der Waals surface area contributed by atoms with Gasteiger partial charge in [0.25, 0.3) is 0 Å². The van der Waals surface area contributed by atoms with Gasteiger partial charge in [-0.3, -0.25) is 9.88 Å². The van der Waals surface area contributed by atoms with Crippen molar-refractivity contribution in [3.05, 3.63) is 88.7 Å². The number of nitriles is 2. The van der Waals surface area contributed by atoms with Gasteiger partial charge in [0, 0.05) is 24.3 Å². The molecule has 32 heavy (non-hydrogen) atoms. The van der Waals surface area contributed by atoms with Crippen molar-refractivity contribution in [3.8, 4) is 23.3 Å². The van der Waals surface area contributed by atoms with Gasteiger partial charge in [-0.05, 0) is 61.2 Å². The predicted octanol–water partition coefficient (Wildman–Crippen LogP) is 6.04. The number of benzene rings is 2.